The van der Waals surface area contributed by atoms with E-state index in [1.807, 2.05) is 49.4 Å². The van der Waals surface area contributed by atoms with E-state index in [-0.39, 0.29) is 0 Å². The Hall–Kier alpha value is -3.02. The first-order chi connectivity index (χ1) is 11.7. The molecule has 3 aromatic rings. The van der Waals surface area contributed by atoms with E-state index >= 15 is 0 Å². The molecule has 0 aliphatic carbocycles. The summed E-state index contributed by atoms with van der Waals surface area (Å²) in [5, 5.41) is 10.5. The maximum Gasteiger partial charge on any atom is 0.181 e. The van der Waals surface area contributed by atoms with Crippen molar-refractivity contribution in [2.24, 2.45) is 0 Å². The van der Waals surface area contributed by atoms with Crippen LogP contribution >= 0.6 is 0 Å². The third-order valence-corrected chi connectivity index (χ3v) is 3.69. The largest absolute Gasteiger partial charge is 0.497 e. The molecule has 6 heteroatoms. The van der Waals surface area contributed by atoms with Gasteiger partial charge in [0.05, 0.1) is 14.2 Å². The second kappa shape index (κ2) is 7.04. The second-order valence-corrected chi connectivity index (χ2v) is 5.36. The molecule has 124 valence electrons. The van der Waals surface area contributed by atoms with Gasteiger partial charge in [-0.05, 0) is 37.3 Å². The fraction of sp³-hybridized carbons (Fsp3) is 0.222. The molecule has 3 rings (SSSR count). The highest BCUT2D eigenvalue weighted by Crippen LogP contribution is 2.25. The van der Waals surface area contributed by atoms with Crippen molar-refractivity contribution in [1.29, 1.82) is 0 Å². The number of aromatic nitrogens is 3. The molecule has 0 bridgehead atoms. The number of hydrogen-bond donors (Lipinski definition) is 2. The van der Waals surface area contributed by atoms with Crippen LogP contribution in [0.2, 0.25) is 0 Å². The molecular weight excluding hydrogens is 304 g/mol. The van der Waals surface area contributed by atoms with Crippen LogP contribution in [0, 0.1) is 6.92 Å². The van der Waals surface area contributed by atoms with E-state index in [0.29, 0.717) is 12.4 Å². The Labute approximate surface area is 140 Å². The number of benzene rings is 2. The van der Waals surface area contributed by atoms with Crippen LogP contribution in [0.4, 0.5) is 5.69 Å². The minimum Gasteiger partial charge on any atom is -0.497 e. The number of ether oxygens (including phenoxy) is 2. The lowest BCUT2D eigenvalue weighted by molar-refractivity contribution is 0.399. The molecule has 0 unspecified atom stereocenters. The standard InChI is InChI=1S/C18H20N4O2/c1-12-20-18(22-21-12)13-5-4-6-15(9-13)19-11-14-10-16(23-2)7-8-17(14)24-3/h4-10,19H,11H2,1-3H3,(H,20,21,22). The third-order valence-electron chi connectivity index (χ3n) is 3.69. The summed E-state index contributed by atoms with van der Waals surface area (Å²) >= 11 is 0. The van der Waals surface area contributed by atoms with Crippen molar-refractivity contribution in [1.82, 2.24) is 15.2 Å². The SMILES string of the molecule is COc1ccc(OC)c(CNc2cccc(-c3n[nH]c(C)n3)c2)c1. The summed E-state index contributed by atoms with van der Waals surface area (Å²) in [6.45, 7) is 2.50. The molecule has 1 aromatic heterocycles. The maximum absolute atomic E-state index is 5.41. The zero-order chi connectivity index (χ0) is 16.9. The monoisotopic (exact) mass is 324 g/mol. The lowest BCUT2D eigenvalue weighted by Gasteiger charge is -2.12. The molecule has 6 nitrogen and oxygen atoms in total. The van der Waals surface area contributed by atoms with Gasteiger partial charge in [0.1, 0.15) is 17.3 Å². The van der Waals surface area contributed by atoms with E-state index in [0.717, 1.165) is 34.1 Å². The van der Waals surface area contributed by atoms with Crippen LogP contribution in [0.25, 0.3) is 11.4 Å². The van der Waals surface area contributed by atoms with Gasteiger partial charge in [0, 0.05) is 23.4 Å². The zero-order valence-electron chi connectivity index (χ0n) is 14.0. The van der Waals surface area contributed by atoms with Crippen molar-refractivity contribution < 1.29 is 9.47 Å². The third kappa shape index (κ3) is 3.48. The van der Waals surface area contributed by atoms with Crippen LogP contribution in [0.3, 0.4) is 0 Å². The molecule has 0 atom stereocenters. The molecule has 0 amide bonds. The van der Waals surface area contributed by atoms with Crippen molar-refractivity contribution in [2.45, 2.75) is 13.5 Å². The van der Waals surface area contributed by atoms with Gasteiger partial charge in [-0.3, -0.25) is 5.10 Å². The Balaban J connectivity index is 1.78. The molecular formula is C18H20N4O2. The molecule has 2 N–H and O–H groups in total. The van der Waals surface area contributed by atoms with E-state index in [2.05, 4.69) is 20.5 Å². The number of aryl methyl sites for hydroxylation is 1. The molecule has 1 heterocycles. The lowest BCUT2D eigenvalue weighted by Crippen LogP contribution is -2.02. The Bertz CT molecular complexity index is 829. The van der Waals surface area contributed by atoms with Crippen LogP contribution < -0.4 is 14.8 Å². The quantitative estimate of drug-likeness (QED) is 0.727. The van der Waals surface area contributed by atoms with Crippen LogP contribution in [0.5, 0.6) is 11.5 Å². The molecule has 0 aliphatic heterocycles. The minimum absolute atomic E-state index is 0.622. The summed E-state index contributed by atoms with van der Waals surface area (Å²) in [5.41, 5.74) is 2.97. The number of rotatable bonds is 6. The van der Waals surface area contributed by atoms with E-state index in [1.165, 1.54) is 0 Å². The maximum atomic E-state index is 5.41. The number of H-pyrrole nitrogens is 1. The van der Waals surface area contributed by atoms with Crippen molar-refractivity contribution in [3.05, 3.63) is 53.9 Å². The summed E-state index contributed by atoms with van der Waals surface area (Å²) < 4.78 is 10.7. The average molecular weight is 324 g/mol. The van der Waals surface area contributed by atoms with Crippen molar-refractivity contribution >= 4 is 5.69 Å². The summed E-state index contributed by atoms with van der Waals surface area (Å²) in [4.78, 5) is 4.36. The predicted octanol–water partition coefficient (Wildman–Crippen LogP) is 3.41. The van der Waals surface area contributed by atoms with Crippen molar-refractivity contribution in [3.8, 4) is 22.9 Å². The van der Waals surface area contributed by atoms with Gasteiger partial charge in [-0.15, -0.1) is 0 Å². The molecule has 0 saturated carbocycles. The smallest absolute Gasteiger partial charge is 0.181 e. The van der Waals surface area contributed by atoms with Crippen LogP contribution in [0.15, 0.2) is 42.5 Å². The highest BCUT2D eigenvalue weighted by molar-refractivity contribution is 5.62. The number of methoxy groups -OCH3 is 2. The summed E-state index contributed by atoms with van der Waals surface area (Å²) in [6, 6.07) is 13.8. The number of hydrogen-bond acceptors (Lipinski definition) is 5. The topological polar surface area (TPSA) is 72.1 Å². The summed E-state index contributed by atoms with van der Waals surface area (Å²) in [6.07, 6.45) is 0. The first-order valence-electron chi connectivity index (χ1n) is 7.64. The normalized spacial score (nSPS) is 10.5. The lowest BCUT2D eigenvalue weighted by atomic mass is 10.1. The van der Waals surface area contributed by atoms with Crippen molar-refractivity contribution in [3.63, 3.8) is 0 Å². The van der Waals surface area contributed by atoms with Gasteiger partial charge in [-0.1, -0.05) is 12.1 Å². The van der Waals surface area contributed by atoms with Gasteiger partial charge in [0.25, 0.3) is 0 Å². The van der Waals surface area contributed by atoms with Gasteiger partial charge in [0.15, 0.2) is 5.82 Å². The van der Waals surface area contributed by atoms with Crippen LogP contribution in [0.1, 0.15) is 11.4 Å². The first kappa shape index (κ1) is 15.9. The van der Waals surface area contributed by atoms with Gasteiger partial charge in [-0.2, -0.15) is 5.10 Å². The van der Waals surface area contributed by atoms with Crippen LogP contribution in [-0.4, -0.2) is 29.4 Å². The molecule has 0 spiro atoms. The molecule has 24 heavy (non-hydrogen) atoms. The van der Waals surface area contributed by atoms with Gasteiger partial charge in [-0.25, -0.2) is 4.98 Å². The number of nitrogens with one attached hydrogen (secondary N) is 2. The first-order valence-corrected chi connectivity index (χ1v) is 7.64. The highest BCUT2D eigenvalue weighted by atomic mass is 16.5. The van der Waals surface area contributed by atoms with E-state index in [4.69, 9.17) is 9.47 Å². The Morgan fingerprint density at radius 2 is 1.96 bits per heavy atom. The van der Waals surface area contributed by atoms with E-state index in [1.54, 1.807) is 14.2 Å². The van der Waals surface area contributed by atoms with Gasteiger partial charge < -0.3 is 14.8 Å². The summed E-state index contributed by atoms with van der Waals surface area (Å²) in [5.74, 6) is 3.11. The van der Waals surface area contributed by atoms with E-state index < -0.39 is 0 Å². The molecule has 0 aliphatic rings. The predicted molar refractivity (Wildman–Crippen MR) is 93.4 cm³/mol. The second-order valence-electron chi connectivity index (χ2n) is 5.36. The van der Waals surface area contributed by atoms with Crippen molar-refractivity contribution in [2.75, 3.05) is 19.5 Å². The minimum atomic E-state index is 0.622. The highest BCUT2D eigenvalue weighted by Gasteiger charge is 2.07. The van der Waals surface area contributed by atoms with E-state index in [9.17, 15) is 0 Å². The Morgan fingerprint density at radius 3 is 2.67 bits per heavy atom. The Kier molecular flexibility index (Phi) is 4.65. The fourth-order valence-corrected chi connectivity index (χ4v) is 2.46. The zero-order valence-corrected chi connectivity index (χ0v) is 14.0. The number of nitrogens with zero attached hydrogens (tertiary/aromatic N) is 2. The molecule has 0 saturated heterocycles. The van der Waals surface area contributed by atoms with Crippen LogP contribution in [-0.2, 0) is 6.54 Å². The Morgan fingerprint density at radius 1 is 1.08 bits per heavy atom. The summed E-state index contributed by atoms with van der Waals surface area (Å²) in [7, 11) is 3.32. The molecule has 0 radical (unpaired) electrons. The molecule has 2 aromatic carbocycles. The number of aromatic amines is 1. The molecule has 0 fully saturated rings. The average Bonchev–Trinajstić information content (AvgIpc) is 3.06. The fourth-order valence-electron chi connectivity index (χ4n) is 2.46. The number of anilines is 1. The van der Waals surface area contributed by atoms with Gasteiger partial charge >= 0.3 is 0 Å². The van der Waals surface area contributed by atoms with Gasteiger partial charge in [0.2, 0.25) is 0 Å².